The Balaban J connectivity index is 5.24. The molecule has 0 rings (SSSR count). The number of phosphoric ester groups is 2. The second-order valence-electron chi connectivity index (χ2n) is 31.3. The Kier molecular flexibility index (Phi) is 75.0. The average molecular weight is 1520 g/mol. The third kappa shape index (κ3) is 76.8. The molecule has 17 nitrogen and oxygen atoms in total. The number of esters is 4. The number of hydrogen-bond donors (Lipinski definition) is 3. The fraction of sp³-hybridized carbons (Fsp3) is 0.953. The van der Waals surface area contributed by atoms with Gasteiger partial charge in [-0.25, -0.2) is 9.13 Å². The summed E-state index contributed by atoms with van der Waals surface area (Å²) in [5, 5.41) is 10.7. The molecule has 0 aromatic carbocycles. The molecule has 0 spiro atoms. The quantitative estimate of drug-likeness (QED) is 0.0222. The van der Waals surface area contributed by atoms with Crippen LogP contribution in [0.15, 0.2) is 0 Å². The maximum atomic E-state index is 13.1. The Morgan fingerprint density at radius 1 is 0.279 bits per heavy atom. The van der Waals surface area contributed by atoms with Crippen molar-refractivity contribution in [2.24, 2.45) is 11.8 Å². The molecular formula is C85H166O17P2. The van der Waals surface area contributed by atoms with Crippen LogP contribution in [0.5, 0.6) is 0 Å². The Morgan fingerprint density at radius 2 is 0.490 bits per heavy atom. The zero-order chi connectivity index (χ0) is 76.4. The Hall–Kier alpha value is -1.94. The van der Waals surface area contributed by atoms with E-state index in [4.69, 9.17) is 37.0 Å². The second-order valence-corrected chi connectivity index (χ2v) is 34.2. The zero-order valence-electron chi connectivity index (χ0n) is 68.3. The van der Waals surface area contributed by atoms with Gasteiger partial charge in [0.25, 0.3) is 0 Å². The molecule has 0 aromatic heterocycles. The summed E-state index contributed by atoms with van der Waals surface area (Å²) in [5.74, 6) is -0.494. The standard InChI is InChI=1S/C85H166O17P2/c1-7-10-12-14-16-18-20-21-22-23-24-25-26-27-30-34-38-45-51-57-63-69-84(89)101-80(74-96-83(88)68-62-56-50-44-37-33-31-28-29-32-36-41-47-53-59-65-77(4)5)75-99-103(91,92)97-71-79(86)72-98-104(93,94)100-76-81(73-95-82(87)67-61-55-49-43-35-19-17-15-13-11-8-2)102-85(90)70-64-58-52-46-40-39-42-48-54-60-66-78(6)9-3/h77-81,86H,7-76H2,1-6H3,(H,91,92)(H,93,94)/t78?,79-,80-,81-/m1/s1. The van der Waals surface area contributed by atoms with Crippen molar-refractivity contribution < 1.29 is 80.2 Å². The van der Waals surface area contributed by atoms with E-state index in [0.717, 1.165) is 102 Å². The minimum Gasteiger partial charge on any atom is -0.462 e. The highest BCUT2D eigenvalue weighted by Gasteiger charge is 2.30. The van der Waals surface area contributed by atoms with Gasteiger partial charge in [0.2, 0.25) is 0 Å². The molecule has 0 saturated carbocycles. The lowest BCUT2D eigenvalue weighted by Crippen LogP contribution is -2.30. The van der Waals surface area contributed by atoms with Gasteiger partial charge in [-0.15, -0.1) is 0 Å². The van der Waals surface area contributed by atoms with Gasteiger partial charge in [0.1, 0.15) is 19.3 Å². The molecule has 0 saturated heterocycles. The number of rotatable bonds is 84. The minimum atomic E-state index is -4.97. The number of ether oxygens (including phenoxy) is 4. The van der Waals surface area contributed by atoms with Gasteiger partial charge in [-0.2, -0.15) is 0 Å². The van der Waals surface area contributed by atoms with Crippen LogP contribution in [0.25, 0.3) is 0 Å². The van der Waals surface area contributed by atoms with Crippen molar-refractivity contribution in [1.82, 2.24) is 0 Å². The van der Waals surface area contributed by atoms with Gasteiger partial charge in [-0.1, -0.05) is 401 Å². The van der Waals surface area contributed by atoms with Crippen LogP contribution < -0.4 is 0 Å². The molecule has 0 aromatic rings. The Bertz CT molecular complexity index is 2000. The van der Waals surface area contributed by atoms with Crippen LogP contribution in [0.3, 0.4) is 0 Å². The molecule has 6 atom stereocenters. The van der Waals surface area contributed by atoms with Crippen LogP contribution in [-0.2, 0) is 65.4 Å². The van der Waals surface area contributed by atoms with Crippen LogP contribution in [0.1, 0.15) is 452 Å². The first-order valence-corrected chi connectivity index (χ1v) is 47.0. The molecule has 0 aliphatic heterocycles. The third-order valence-corrected chi connectivity index (χ3v) is 22.2. The van der Waals surface area contributed by atoms with Crippen molar-refractivity contribution in [3.8, 4) is 0 Å². The number of carbonyl (C=O) groups excluding carboxylic acids is 4. The van der Waals surface area contributed by atoms with Crippen LogP contribution in [-0.4, -0.2) is 96.7 Å². The number of aliphatic hydroxyl groups excluding tert-OH is 1. The number of unbranched alkanes of at least 4 members (excludes halogenated alkanes) is 53. The second kappa shape index (κ2) is 76.4. The van der Waals surface area contributed by atoms with Crippen LogP contribution in [0.4, 0.5) is 0 Å². The number of hydrogen-bond acceptors (Lipinski definition) is 15. The lowest BCUT2D eigenvalue weighted by atomic mass is 9.99. The van der Waals surface area contributed by atoms with Gasteiger partial charge in [0.15, 0.2) is 12.2 Å². The van der Waals surface area contributed by atoms with Gasteiger partial charge in [-0.3, -0.25) is 37.3 Å². The van der Waals surface area contributed by atoms with Crippen molar-refractivity contribution in [3.05, 3.63) is 0 Å². The third-order valence-electron chi connectivity index (χ3n) is 20.3. The van der Waals surface area contributed by atoms with E-state index in [1.807, 2.05) is 0 Å². The van der Waals surface area contributed by atoms with E-state index in [-0.39, 0.29) is 25.7 Å². The minimum absolute atomic E-state index is 0.107. The predicted octanol–water partition coefficient (Wildman–Crippen LogP) is 25.8. The maximum absolute atomic E-state index is 13.1. The topological polar surface area (TPSA) is 237 Å². The molecule has 618 valence electrons. The van der Waals surface area contributed by atoms with E-state index in [2.05, 4.69) is 41.5 Å². The summed E-state index contributed by atoms with van der Waals surface area (Å²) in [4.78, 5) is 73.2. The smallest absolute Gasteiger partial charge is 0.462 e. The highest BCUT2D eigenvalue weighted by Crippen LogP contribution is 2.45. The van der Waals surface area contributed by atoms with Gasteiger partial charge in [-0.05, 0) is 37.5 Å². The van der Waals surface area contributed by atoms with E-state index in [1.165, 1.54) is 270 Å². The molecule has 0 aliphatic carbocycles. The molecule has 3 N–H and O–H groups in total. The average Bonchev–Trinajstić information content (AvgIpc) is 0.905. The zero-order valence-corrected chi connectivity index (χ0v) is 70.1. The largest absolute Gasteiger partial charge is 0.472 e. The van der Waals surface area contributed by atoms with Crippen LogP contribution in [0, 0.1) is 11.8 Å². The summed E-state index contributed by atoms with van der Waals surface area (Å²) in [7, 11) is -9.93. The van der Waals surface area contributed by atoms with E-state index >= 15 is 0 Å². The first-order chi connectivity index (χ1) is 50.4. The highest BCUT2D eigenvalue weighted by atomic mass is 31.2. The summed E-state index contributed by atoms with van der Waals surface area (Å²) >= 11 is 0. The predicted molar refractivity (Wildman–Crippen MR) is 428 cm³/mol. The molecule has 0 amide bonds. The Labute approximate surface area is 638 Å². The summed E-state index contributed by atoms with van der Waals surface area (Å²) < 4.78 is 68.9. The van der Waals surface area contributed by atoms with E-state index in [9.17, 15) is 43.2 Å². The molecule has 0 fully saturated rings. The molecule has 19 heteroatoms. The van der Waals surface area contributed by atoms with Gasteiger partial charge in [0, 0.05) is 25.7 Å². The van der Waals surface area contributed by atoms with Gasteiger partial charge >= 0.3 is 39.5 Å². The molecule has 0 bridgehead atoms. The molecule has 0 aliphatic rings. The van der Waals surface area contributed by atoms with Gasteiger partial charge < -0.3 is 33.8 Å². The fourth-order valence-electron chi connectivity index (χ4n) is 13.2. The number of aliphatic hydroxyl groups is 1. The molecule has 104 heavy (non-hydrogen) atoms. The van der Waals surface area contributed by atoms with Crippen molar-refractivity contribution in [2.45, 2.75) is 471 Å². The van der Waals surface area contributed by atoms with E-state index < -0.39 is 97.5 Å². The normalized spacial score (nSPS) is 14.1. The van der Waals surface area contributed by atoms with E-state index in [1.54, 1.807) is 0 Å². The lowest BCUT2D eigenvalue weighted by Gasteiger charge is -2.21. The summed E-state index contributed by atoms with van der Waals surface area (Å²) in [5.41, 5.74) is 0. The molecule has 0 heterocycles. The molecular weight excluding hydrogens is 1350 g/mol. The summed E-state index contributed by atoms with van der Waals surface area (Å²) in [6, 6.07) is 0. The maximum Gasteiger partial charge on any atom is 0.472 e. The van der Waals surface area contributed by atoms with Crippen molar-refractivity contribution in [3.63, 3.8) is 0 Å². The lowest BCUT2D eigenvalue weighted by molar-refractivity contribution is -0.161. The summed E-state index contributed by atoms with van der Waals surface area (Å²) in [6.07, 6.45) is 68.0. The van der Waals surface area contributed by atoms with Crippen molar-refractivity contribution in [1.29, 1.82) is 0 Å². The first-order valence-electron chi connectivity index (χ1n) is 44.0. The molecule has 3 unspecified atom stereocenters. The highest BCUT2D eigenvalue weighted by molar-refractivity contribution is 7.47. The van der Waals surface area contributed by atoms with Gasteiger partial charge in [0.05, 0.1) is 26.4 Å². The monoisotopic (exact) mass is 1520 g/mol. The van der Waals surface area contributed by atoms with Crippen molar-refractivity contribution in [2.75, 3.05) is 39.6 Å². The number of carbonyl (C=O) groups is 4. The van der Waals surface area contributed by atoms with E-state index in [0.29, 0.717) is 25.7 Å². The molecule has 0 radical (unpaired) electrons. The summed E-state index contributed by atoms with van der Waals surface area (Å²) in [6.45, 7) is 9.71. The van der Waals surface area contributed by atoms with Crippen LogP contribution >= 0.6 is 15.6 Å². The SMILES string of the molecule is CCCCCCCCCCCCCCCCCCCCCCCC(=O)O[C@H](COC(=O)CCCCCCCCCCCCCCCCCC(C)C)COP(=O)(O)OC[C@@H](O)COP(=O)(O)OC[C@@H](COC(=O)CCCCCCCCCCCCC)OC(=O)CCCCCCCCCCCCC(C)CC. The van der Waals surface area contributed by atoms with Crippen LogP contribution in [0.2, 0.25) is 0 Å². The first kappa shape index (κ1) is 102. The number of phosphoric acid groups is 2. The van der Waals surface area contributed by atoms with Crippen molar-refractivity contribution >= 4 is 39.5 Å². The Morgan fingerprint density at radius 3 is 0.731 bits per heavy atom. The fourth-order valence-corrected chi connectivity index (χ4v) is 14.8.